The zero-order valence-electron chi connectivity index (χ0n) is 19.0. The van der Waals surface area contributed by atoms with E-state index in [2.05, 4.69) is 5.32 Å². The lowest BCUT2D eigenvalue weighted by molar-refractivity contribution is -0.0610. The van der Waals surface area contributed by atoms with Crippen molar-refractivity contribution < 1.29 is 19.1 Å². The van der Waals surface area contributed by atoms with E-state index in [-0.39, 0.29) is 11.9 Å². The third kappa shape index (κ3) is 6.11. The highest BCUT2D eigenvalue weighted by Gasteiger charge is 2.44. The minimum atomic E-state index is -0.757. The molecule has 0 radical (unpaired) electrons. The maximum absolute atomic E-state index is 12.7. The van der Waals surface area contributed by atoms with Crippen molar-refractivity contribution in [2.45, 2.75) is 52.0 Å². The van der Waals surface area contributed by atoms with Crippen molar-refractivity contribution in [3.8, 4) is 0 Å². The minimum Gasteiger partial charge on any atom is -0.444 e. The van der Waals surface area contributed by atoms with Crippen LogP contribution in [0.1, 0.15) is 50.5 Å². The Hall–Kier alpha value is -2.83. The summed E-state index contributed by atoms with van der Waals surface area (Å²) in [5.41, 5.74) is 0.805. The first kappa shape index (κ1) is 23.8. The molecular weight excluding hydrogens is 428 g/mol. The number of benzene rings is 2. The molecule has 0 spiro atoms. The van der Waals surface area contributed by atoms with Crippen LogP contribution in [0.2, 0.25) is 5.02 Å². The topological polar surface area (TPSA) is 67.9 Å². The summed E-state index contributed by atoms with van der Waals surface area (Å²) in [5, 5.41) is 3.44. The SMILES string of the molecule is CC(C)(C)OC(=O)N1[C@@H](/C=C/c2ccc(NC(=O)c3ccc(Cl)cc3)cc2)COC1(C)C. The van der Waals surface area contributed by atoms with E-state index >= 15 is 0 Å². The summed E-state index contributed by atoms with van der Waals surface area (Å²) in [7, 11) is 0. The van der Waals surface area contributed by atoms with Gasteiger partial charge in [-0.05, 0) is 76.6 Å². The molecule has 2 aromatic carbocycles. The highest BCUT2D eigenvalue weighted by Crippen LogP contribution is 2.30. The van der Waals surface area contributed by atoms with Gasteiger partial charge >= 0.3 is 6.09 Å². The first-order valence-corrected chi connectivity index (χ1v) is 10.8. The van der Waals surface area contributed by atoms with E-state index in [1.165, 1.54) is 0 Å². The second-order valence-corrected chi connectivity index (χ2v) is 9.55. The highest BCUT2D eigenvalue weighted by molar-refractivity contribution is 6.30. The normalized spacial score (nSPS) is 18.1. The molecule has 1 fully saturated rings. The summed E-state index contributed by atoms with van der Waals surface area (Å²) in [6.07, 6.45) is 3.45. The Kier molecular flexibility index (Phi) is 6.96. The van der Waals surface area contributed by atoms with Crippen molar-refractivity contribution in [1.29, 1.82) is 0 Å². The fourth-order valence-corrected chi connectivity index (χ4v) is 3.47. The number of anilines is 1. The fraction of sp³-hybridized carbons (Fsp3) is 0.360. The molecule has 7 heteroatoms. The van der Waals surface area contributed by atoms with Crippen molar-refractivity contribution in [2.75, 3.05) is 11.9 Å². The Labute approximate surface area is 194 Å². The molecule has 32 heavy (non-hydrogen) atoms. The number of nitrogens with zero attached hydrogens (tertiary/aromatic N) is 1. The van der Waals surface area contributed by atoms with E-state index in [0.717, 1.165) is 5.56 Å². The van der Waals surface area contributed by atoms with Crippen LogP contribution in [0.4, 0.5) is 10.5 Å². The first-order chi connectivity index (χ1) is 14.9. The lowest BCUT2D eigenvalue weighted by atomic mass is 10.1. The highest BCUT2D eigenvalue weighted by atomic mass is 35.5. The Bertz CT molecular complexity index is 992. The Balaban J connectivity index is 1.66. The van der Waals surface area contributed by atoms with Crippen LogP contribution in [0, 0.1) is 0 Å². The molecule has 0 aromatic heterocycles. The van der Waals surface area contributed by atoms with Crippen LogP contribution in [-0.2, 0) is 9.47 Å². The van der Waals surface area contributed by atoms with Gasteiger partial charge in [0, 0.05) is 16.3 Å². The zero-order valence-corrected chi connectivity index (χ0v) is 19.8. The van der Waals surface area contributed by atoms with Crippen LogP contribution in [0.5, 0.6) is 0 Å². The van der Waals surface area contributed by atoms with Gasteiger partial charge in [-0.15, -0.1) is 0 Å². The minimum absolute atomic E-state index is 0.205. The molecule has 1 saturated heterocycles. The van der Waals surface area contributed by atoms with Gasteiger partial charge < -0.3 is 14.8 Å². The van der Waals surface area contributed by atoms with E-state index in [1.54, 1.807) is 29.2 Å². The lowest BCUT2D eigenvalue weighted by Crippen LogP contribution is -2.49. The lowest BCUT2D eigenvalue weighted by Gasteiger charge is -2.34. The summed E-state index contributed by atoms with van der Waals surface area (Å²) < 4.78 is 11.4. The molecule has 1 aliphatic rings. The van der Waals surface area contributed by atoms with Crippen molar-refractivity contribution in [2.24, 2.45) is 0 Å². The summed E-state index contributed by atoms with van der Waals surface area (Å²) in [5.74, 6) is -0.205. The largest absolute Gasteiger partial charge is 0.444 e. The first-order valence-electron chi connectivity index (χ1n) is 10.5. The Morgan fingerprint density at radius 3 is 2.34 bits per heavy atom. The fourth-order valence-electron chi connectivity index (χ4n) is 3.34. The van der Waals surface area contributed by atoms with Crippen LogP contribution in [-0.4, -0.2) is 40.9 Å². The van der Waals surface area contributed by atoms with Crippen LogP contribution in [0.25, 0.3) is 6.08 Å². The van der Waals surface area contributed by atoms with E-state index in [1.807, 2.05) is 71.0 Å². The molecule has 0 unspecified atom stereocenters. The van der Waals surface area contributed by atoms with Crippen molar-refractivity contribution in [3.63, 3.8) is 0 Å². The Morgan fingerprint density at radius 1 is 1.12 bits per heavy atom. The number of carbonyl (C=O) groups excluding carboxylic acids is 2. The molecule has 3 rings (SSSR count). The molecule has 2 aromatic rings. The molecule has 1 heterocycles. The number of hydrogen-bond acceptors (Lipinski definition) is 4. The third-order valence-corrected chi connectivity index (χ3v) is 5.15. The van der Waals surface area contributed by atoms with Gasteiger partial charge in [-0.1, -0.05) is 35.9 Å². The monoisotopic (exact) mass is 456 g/mol. The van der Waals surface area contributed by atoms with Crippen molar-refractivity contribution in [1.82, 2.24) is 4.90 Å². The predicted octanol–water partition coefficient (Wildman–Crippen LogP) is 5.98. The zero-order chi connectivity index (χ0) is 23.5. The number of ether oxygens (including phenoxy) is 2. The summed E-state index contributed by atoms with van der Waals surface area (Å²) >= 11 is 5.87. The molecule has 1 aliphatic heterocycles. The number of halogens is 1. The number of nitrogens with one attached hydrogen (secondary N) is 1. The summed E-state index contributed by atoms with van der Waals surface area (Å²) in [6, 6.07) is 13.9. The average molecular weight is 457 g/mol. The van der Waals surface area contributed by atoms with Crippen LogP contribution < -0.4 is 5.32 Å². The van der Waals surface area contributed by atoms with E-state index in [4.69, 9.17) is 21.1 Å². The maximum atomic E-state index is 12.7. The van der Waals surface area contributed by atoms with Gasteiger partial charge in [0.15, 0.2) is 0 Å². The van der Waals surface area contributed by atoms with E-state index in [0.29, 0.717) is 22.9 Å². The number of carbonyl (C=O) groups is 2. The van der Waals surface area contributed by atoms with Gasteiger partial charge in [0.1, 0.15) is 11.3 Å². The van der Waals surface area contributed by atoms with Crippen molar-refractivity contribution >= 4 is 35.4 Å². The smallest absolute Gasteiger partial charge is 0.413 e. The van der Waals surface area contributed by atoms with Gasteiger partial charge in [0.05, 0.1) is 12.6 Å². The third-order valence-electron chi connectivity index (χ3n) is 4.90. The second kappa shape index (κ2) is 9.35. The number of hydrogen-bond donors (Lipinski definition) is 1. The molecule has 1 N–H and O–H groups in total. The molecule has 6 nitrogen and oxygen atoms in total. The summed E-state index contributed by atoms with van der Waals surface area (Å²) in [4.78, 5) is 26.7. The number of rotatable bonds is 4. The molecule has 0 bridgehead atoms. The van der Waals surface area contributed by atoms with Gasteiger partial charge in [-0.25, -0.2) is 4.79 Å². The molecule has 1 atom stereocenters. The quantitative estimate of drug-likeness (QED) is 0.614. The summed E-state index contributed by atoms with van der Waals surface area (Å²) in [6.45, 7) is 9.61. The van der Waals surface area contributed by atoms with Crippen molar-refractivity contribution in [3.05, 3.63) is 70.8 Å². The number of amides is 2. The van der Waals surface area contributed by atoms with Crippen LogP contribution >= 0.6 is 11.6 Å². The van der Waals surface area contributed by atoms with Crippen LogP contribution in [0.15, 0.2) is 54.6 Å². The average Bonchev–Trinajstić information content (AvgIpc) is 3.01. The molecule has 0 aliphatic carbocycles. The van der Waals surface area contributed by atoms with Gasteiger partial charge in [-0.3, -0.25) is 9.69 Å². The van der Waals surface area contributed by atoms with Gasteiger partial charge in [-0.2, -0.15) is 0 Å². The second-order valence-electron chi connectivity index (χ2n) is 9.12. The standard InChI is InChI=1S/C25H29ClN2O4/c1-24(2,3)32-23(30)28-21(16-31-25(28,4)5)15-8-17-6-13-20(14-7-17)27-22(29)18-9-11-19(26)12-10-18/h6-15,21H,16H2,1-5H3,(H,27,29)/b15-8+/t21-/m0/s1. The molecular formula is C25H29ClN2O4. The molecule has 0 saturated carbocycles. The van der Waals surface area contributed by atoms with Gasteiger partial charge in [0.25, 0.3) is 5.91 Å². The van der Waals surface area contributed by atoms with E-state index in [9.17, 15) is 9.59 Å². The van der Waals surface area contributed by atoms with E-state index < -0.39 is 17.4 Å². The maximum Gasteiger partial charge on any atom is 0.413 e. The predicted molar refractivity (Wildman–Crippen MR) is 127 cm³/mol. The molecule has 2 amide bonds. The Morgan fingerprint density at radius 2 is 1.75 bits per heavy atom. The molecule has 170 valence electrons. The van der Waals surface area contributed by atoms with Crippen LogP contribution in [0.3, 0.4) is 0 Å². The van der Waals surface area contributed by atoms with Gasteiger partial charge in [0.2, 0.25) is 0 Å².